The fraction of sp³-hybridized carbons (Fsp3) is 0.400. The molecule has 4 nitrogen and oxygen atoms in total. The number of hydrogen-bond acceptors (Lipinski definition) is 3. The van der Waals surface area contributed by atoms with Crippen LogP contribution in [0.2, 0.25) is 0 Å². The molecule has 2 rings (SSSR count). The van der Waals surface area contributed by atoms with Gasteiger partial charge in [0.05, 0.1) is 13.3 Å². The van der Waals surface area contributed by atoms with Gasteiger partial charge in [0.1, 0.15) is 11.3 Å². The van der Waals surface area contributed by atoms with Crippen LogP contribution in [0.4, 0.5) is 0 Å². The second kappa shape index (κ2) is 5.45. The molecule has 0 amide bonds. The minimum Gasteiger partial charge on any atom is -0.493 e. The number of nitrogens with zero attached hydrogens (tertiary/aromatic N) is 2. The Bertz CT molecular complexity index is 532. The maximum absolute atomic E-state index is 10.9. The van der Waals surface area contributed by atoms with Gasteiger partial charge >= 0.3 is 0 Å². The molecule has 0 aliphatic rings. The standard InChI is InChI=1S/C15H20N2O2/c1-4-10-17-14(13(19-3)11-16-17)15(2,18)12-8-6-5-7-9-12/h5-9,11,18H,4,10H2,1-3H3. The lowest BCUT2D eigenvalue weighted by molar-refractivity contribution is 0.0882. The first kappa shape index (κ1) is 13.6. The van der Waals surface area contributed by atoms with Gasteiger partial charge in [0, 0.05) is 6.54 Å². The van der Waals surface area contributed by atoms with Gasteiger partial charge in [-0.05, 0) is 18.9 Å². The van der Waals surface area contributed by atoms with Crippen molar-refractivity contribution in [2.45, 2.75) is 32.4 Å². The third-order valence-electron chi connectivity index (χ3n) is 3.26. The van der Waals surface area contributed by atoms with E-state index in [1.807, 2.05) is 35.0 Å². The van der Waals surface area contributed by atoms with Crippen molar-refractivity contribution in [1.29, 1.82) is 0 Å². The number of benzene rings is 1. The molecular weight excluding hydrogens is 240 g/mol. The summed E-state index contributed by atoms with van der Waals surface area (Å²) in [5.41, 5.74) is 0.396. The number of ether oxygens (including phenoxy) is 1. The zero-order valence-electron chi connectivity index (χ0n) is 11.6. The summed E-state index contributed by atoms with van der Waals surface area (Å²) < 4.78 is 7.15. The monoisotopic (exact) mass is 260 g/mol. The molecule has 1 N–H and O–H groups in total. The number of hydrogen-bond donors (Lipinski definition) is 1. The molecule has 19 heavy (non-hydrogen) atoms. The SMILES string of the molecule is CCCn1ncc(OC)c1C(C)(O)c1ccccc1. The highest BCUT2D eigenvalue weighted by atomic mass is 16.5. The van der Waals surface area contributed by atoms with Crippen LogP contribution in [0.15, 0.2) is 36.5 Å². The van der Waals surface area contributed by atoms with Gasteiger partial charge in [0.25, 0.3) is 0 Å². The Hall–Kier alpha value is -1.81. The molecule has 1 aromatic heterocycles. The summed E-state index contributed by atoms with van der Waals surface area (Å²) in [5, 5.41) is 15.2. The molecule has 0 radical (unpaired) electrons. The largest absolute Gasteiger partial charge is 0.493 e. The first-order valence-corrected chi connectivity index (χ1v) is 6.49. The minimum absolute atomic E-state index is 0.613. The summed E-state index contributed by atoms with van der Waals surface area (Å²) in [5.74, 6) is 0.613. The molecule has 0 saturated heterocycles. The van der Waals surface area contributed by atoms with E-state index in [0.29, 0.717) is 11.4 Å². The van der Waals surface area contributed by atoms with Gasteiger partial charge in [-0.2, -0.15) is 5.10 Å². The van der Waals surface area contributed by atoms with Gasteiger partial charge in [-0.1, -0.05) is 37.3 Å². The second-order valence-electron chi connectivity index (χ2n) is 4.72. The topological polar surface area (TPSA) is 47.3 Å². The number of rotatable bonds is 5. The van der Waals surface area contributed by atoms with E-state index < -0.39 is 5.60 Å². The molecule has 0 saturated carbocycles. The van der Waals surface area contributed by atoms with Crippen LogP contribution >= 0.6 is 0 Å². The van der Waals surface area contributed by atoms with E-state index in [2.05, 4.69) is 12.0 Å². The average molecular weight is 260 g/mol. The van der Waals surface area contributed by atoms with E-state index >= 15 is 0 Å². The van der Waals surface area contributed by atoms with Gasteiger partial charge in [-0.25, -0.2) is 0 Å². The fourth-order valence-electron chi connectivity index (χ4n) is 2.29. The number of aromatic nitrogens is 2. The molecule has 2 aromatic rings. The van der Waals surface area contributed by atoms with E-state index in [-0.39, 0.29) is 0 Å². The van der Waals surface area contributed by atoms with Crippen LogP contribution in [-0.4, -0.2) is 22.0 Å². The minimum atomic E-state index is -1.13. The molecule has 1 heterocycles. The maximum Gasteiger partial charge on any atom is 0.163 e. The molecule has 0 fully saturated rings. The lowest BCUT2D eigenvalue weighted by Crippen LogP contribution is -2.27. The first-order chi connectivity index (χ1) is 9.11. The summed E-state index contributed by atoms with van der Waals surface area (Å²) in [7, 11) is 1.60. The van der Waals surface area contributed by atoms with Crippen molar-refractivity contribution in [2.75, 3.05) is 7.11 Å². The lowest BCUT2D eigenvalue weighted by Gasteiger charge is -2.26. The Labute approximate surface area is 113 Å². The normalized spacial score (nSPS) is 14.1. The van der Waals surface area contributed by atoms with Gasteiger partial charge in [0.2, 0.25) is 0 Å². The quantitative estimate of drug-likeness (QED) is 0.898. The molecule has 1 aromatic carbocycles. The number of aliphatic hydroxyl groups is 1. The van der Waals surface area contributed by atoms with E-state index in [1.165, 1.54) is 0 Å². The Morgan fingerprint density at radius 3 is 2.58 bits per heavy atom. The van der Waals surface area contributed by atoms with Crippen LogP contribution in [0.3, 0.4) is 0 Å². The molecule has 0 bridgehead atoms. The smallest absolute Gasteiger partial charge is 0.163 e. The van der Waals surface area contributed by atoms with Crippen LogP contribution in [-0.2, 0) is 12.1 Å². The van der Waals surface area contributed by atoms with Crippen molar-refractivity contribution < 1.29 is 9.84 Å². The second-order valence-corrected chi connectivity index (χ2v) is 4.72. The van der Waals surface area contributed by atoms with Crippen molar-refractivity contribution in [2.24, 2.45) is 0 Å². The molecule has 1 atom stereocenters. The third kappa shape index (κ3) is 2.49. The van der Waals surface area contributed by atoms with Gasteiger partial charge in [-0.3, -0.25) is 4.68 Å². The van der Waals surface area contributed by atoms with Crippen LogP contribution < -0.4 is 4.74 Å². The fourth-order valence-corrected chi connectivity index (χ4v) is 2.29. The number of aryl methyl sites for hydroxylation is 1. The van der Waals surface area contributed by atoms with Crippen molar-refractivity contribution in [3.8, 4) is 5.75 Å². The van der Waals surface area contributed by atoms with Gasteiger partial charge in [0.15, 0.2) is 5.75 Å². The van der Waals surface area contributed by atoms with E-state index in [9.17, 15) is 5.11 Å². The summed E-state index contributed by atoms with van der Waals surface area (Å²) in [6.07, 6.45) is 2.60. The zero-order chi connectivity index (χ0) is 13.9. The van der Waals surface area contributed by atoms with E-state index in [4.69, 9.17) is 4.74 Å². The maximum atomic E-state index is 10.9. The lowest BCUT2D eigenvalue weighted by atomic mass is 9.92. The van der Waals surface area contributed by atoms with Gasteiger partial charge in [-0.15, -0.1) is 0 Å². The van der Waals surface area contributed by atoms with Crippen LogP contribution in [0, 0.1) is 0 Å². The summed E-state index contributed by atoms with van der Waals surface area (Å²) in [6.45, 7) is 4.60. The molecule has 4 heteroatoms. The molecule has 0 aliphatic heterocycles. The average Bonchev–Trinajstić information content (AvgIpc) is 2.84. The predicted octanol–water partition coefficient (Wildman–Crippen LogP) is 2.56. The highest BCUT2D eigenvalue weighted by Gasteiger charge is 2.33. The Morgan fingerprint density at radius 1 is 1.32 bits per heavy atom. The predicted molar refractivity (Wildman–Crippen MR) is 74.2 cm³/mol. The Morgan fingerprint density at radius 2 is 2.00 bits per heavy atom. The molecule has 0 spiro atoms. The van der Waals surface area contributed by atoms with Crippen LogP contribution in [0.5, 0.6) is 5.75 Å². The van der Waals surface area contributed by atoms with Crippen molar-refractivity contribution >= 4 is 0 Å². The summed E-state index contributed by atoms with van der Waals surface area (Å²) in [4.78, 5) is 0. The summed E-state index contributed by atoms with van der Waals surface area (Å²) >= 11 is 0. The van der Waals surface area contributed by atoms with Crippen LogP contribution in [0.25, 0.3) is 0 Å². The van der Waals surface area contributed by atoms with E-state index in [0.717, 1.165) is 18.5 Å². The van der Waals surface area contributed by atoms with Crippen LogP contribution in [0.1, 0.15) is 31.5 Å². The zero-order valence-corrected chi connectivity index (χ0v) is 11.6. The molecular formula is C15H20N2O2. The molecule has 1 unspecified atom stereocenters. The summed E-state index contributed by atoms with van der Waals surface area (Å²) in [6, 6.07) is 9.57. The van der Waals surface area contributed by atoms with Crippen molar-refractivity contribution in [1.82, 2.24) is 9.78 Å². The molecule has 102 valence electrons. The third-order valence-corrected chi connectivity index (χ3v) is 3.26. The molecule has 0 aliphatic carbocycles. The highest BCUT2D eigenvalue weighted by Crippen LogP contribution is 2.35. The number of methoxy groups -OCH3 is 1. The Balaban J connectivity index is 2.52. The van der Waals surface area contributed by atoms with Gasteiger partial charge < -0.3 is 9.84 Å². The first-order valence-electron chi connectivity index (χ1n) is 6.49. The van der Waals surface area contributed by atoms with Crippen molar-refractivity contribution in [3.05, 3.63) is 47.8 Å². The Kier molecular flexibility index (Phi) is 3.90. The van der Waals surface area contributed by atoms with E-state index in [1.54, 1.807) is 20.2 Å². The van der Waals surface area contributed by atoms with Crippen molar-refractivity contribution in [3.63, 3.8) is 0 Å². The highest BCUT2D eigenvalue weighted by molar-refractivity contribution is 5.39.